The molecule has 0 spiro atoms. The first-order valence-electron chi connectivity index (χ1n) is 6.82. The number of aliphatic hydroxyl groups excluding tert-OH is 1. The monoisotopic (exact) mass is 241 g/mol. The minimum atomic E-state index is 0.353. The Labute approximate surface area is 108 Å². The van der Waals surface area contributed by atoms with Gasteiger partial charge in [0.15, 0.2) is 0 Å². The number of pyridine rings is 1. The number of aliphatic hydroxyl groups is 1. The summed E-state index contributed by atoms with van der Waals surface area (Å²) in [6.07, 6.45) is 6.56. The molecular weight excluding hydrogens is 222 g/mol. The molecule has 2 heteroatoms. The largest absolute Gasteiger partial charge is 0.396 e. The van der Waals surface area contributed by atoms with Gasteiger partial charge in [-0.25, -0.2) is 0 Å². The lowest BCUT2D eigenvalue weighted by molar-refractivity contribution is 0.182. The lowest BCUT2D eigenvalue weighted by atomic mass is 9.79. The highest BCUT2D eigenvalue weighted by Gasteiger charge is 2.21. The van der Waals surface area contributed by atoms with Crippen LogP contribution in [-0.2, 0) is 0 Å². The molecule has 18 heavy (non-hydrogen) atoms. The van der Waals surface area contributed by atoms with Gasteiger partial charge in [0.2, 0.25) is 0 Å². The summed E-state index contributed by atoms with van der Waals surface area (Å²) >= 11 is 0. The summed E-state index contributed by atoms with van der Waals surface area (Å²) in [5.41, 5.74) is 2.51. The molecule has 0 bridgehead atoms. The predicted molar refractivity (Wildman–Crippen MR) is 73.5 cm³/mol. The molecule has 1 heterocycles. The van der Waals surface area contributed by atoms with Crippen molar-refractivity contribution in [3.05, 3.63) is 42.1 Å². The van der Waals surface area contributed by atoms with Crippen LogP contribution < -0.4 is 0 Å². The average Bonchev–Trinajstić information content (AvgIpc) is 2.47. The highest BCUT2D eigenvalue weighted by molar-refractivity contribution is 5.79. The zero-order chi connectivity index (χ0) is 12.4. The summed E-state index contributed by atoms with van der Waals surface area (Å²) in [7, 11) is 0. The molecule has 3 rings (SSSR count). The fourth-order valence-electron chi connectivity index (χ4n) is 3.02. The number of hydrogen-bond acceptors (Lipinski definition) is 2. The fraction of sp³-hybridized carbons (Fsp3) is 0.438. The maximum atomic E-state index is 9.18. The molecule has 1 aliphatic rings. The van der Waals surface area contributed by atoms with Crippen LogP contribution in [0.25, 0.3) is 10.9 Å². The van der Waals surface area contributed by atoms with Gasteiger partial charge in [0, 0.05) is 18.2 Å². The standard InChI is InChI=1S/C16H19NO/c18-11-12-3-5-13(6-4-12)15-8-7-14-2-1-9-17-16(14)10-15/h1-2,7-10,12-13,18H,3-6,11H2. The van der Waals surface area contributed by atoms with Crippen molar-refractivity contribution in [3.63, 3.8) is 0 Å². The number of hydrogen-bond donors (Lipinski definition) is 1. The van der Waals surface area contributed by atoms with E-state index in [1.165, 1.54) is 23.8 Å². The van der Waals surface area contributed by atoms with Gasteiger partial charge in [-0.1, -0.05) is 18.2 Å². The molecule has 0 aliphatic heterocycles. The molecule has 1 saturated carbocycles. The molecule has 0 saturated heterocycles. The van der Waals surface area contributed by atoms with E-state index in [9.17, 15) is 5.11 Å². The Morgan fingerprint density at radius 2 is 1.94 bits per heavy atom. The Hall–Kier alpha value is -1.41. The summed E-state index contributed by atoms with van der Waals surface area (Å²) in [4.78, 5) is 4.43. The lowest BCUT2D eigenvalue weighted by Gasteiger charge is -2.27. The van der Waals surface area contributed by atoms with E-state index in [-0.39, 0.29) is 0 Å². The molecule has 1 fully saturated rings. The minimum absolute atomic E-state index is 0.353. The molecule has 1 aliphatic carbocycles. The van der Waals surface area contributed by atoms with E-state index in [0.29, 0.717) is 18.4 Å². The second-order valence-electron chi connectivity index (χ2n) is 5.36. The van der Waals surface area contributed by atoms with Crippen LogP contribution in [0.3, 0.4) is 0 Å². The molecule has 0 atom stereocenters. The van der Waals surface area contributed by atoms with Crippen LogP contribution in [0.2, 0.25) is 0 Å². The molecule has 0 radical (unpaired) electrons. The summed E-state index contributed by atoms with van der Waals surface area (Å²) in [6, 6.07) is 10.7. The maximum Gasteiger partial charge on any atom is 0.0704 e. The van der Waals surface area contributed by atoms with E-state index >= 15 is 0 Å². The third-order valence-corrected chi connectivity index (χ3v) is 4.21. The Kier molecular flexibility index (Phi) is 3.28. The van der Waals surface area contributed by atoms with Crippen molar-refractivity contribution < 1.29 is 5.11 Å². The highest BCUT2D eigenvalue weighted by Crippen LogP contribution is 2.36. The first-order chi connectivity index (χ1) is 8.86. The van der Waals surface area contributed by atoms with Gasteiger partial charge in [-0.15, -0.1) is 0 Å². The number of fused-ring (bicyclic) bond motifs is 1. The molecule has 0 unspecified atom stereocenters. The Morgan fingerprint density at radius 1 is 1.11 bits per heavy atom. The van der Waals surface area contributed by atoms with Gasteiger partial charge in [0.05, 0.1) is 5.52 Å². The number of rotatable bonds is 2. The molecule has 1 aromatic heterocycles. The van der Waals surface area contributed by atoms with Gasteiger partial charge in [-0.05, 0) is 55.2 Å². The third-order valence-electron chi connectivity index (χ3n) is 4.21. The van der Waals surface area contributed by atoms with Crippen LogP contribution >= 0.6 is 0 Å². The van der Waals surface area contributed by atoms with E-state index < -0.39 is 0 Å². The summed E-state index contributed by atoms with van der Waals surface area (Å²) in [5.74, 6) is 1.18. The first-order valence-corrected chi connectivity index (χ1v) is 6.82. The third kappa shape index (κ3) is 2.25. The Bertz CT molecular complexity index is 529. The average molecular weight is 241 g/mol. The van der Waals surface area contributed by atoms with Gasteiger partial charge < -0.3 is 5.11 Å². The molecule has 1 aromatic carbocycles. The second kappa shape index (κ2) is 5.07. The zero-order valence-electron chi connectivity index (χ0n) is 10.5. The molecular formula is C16H19NO. The van der Waals surface area contributed by atoms with Gasteiger partial charge in [0.1, 0.15) is 0 Å². The van der Waals surface area contributed by atoms with Gasteiger partial charge >= 0.3 is 0 Å². The van der Waals surface area contributed by atoms with Gasteiger partial charge in [-0.2, -0.15) is 0 Å². The Balaban J connectivity index is 1.82. The molecule has 2 nitrogen and oxygen atoms in total. The van der Waals surface area contributed by atoms with Crippen LogP contribution in [-0.4, -0.2) is 16.7 Å². The summed E-state index contributed by atoms with van der Waals surface area (Å²) < 4.78 is 0. The van der Waals surface area contributed by atoms with Crippen molar-refractivity contribution in [2.75, 3.05) is 6.61 Å². The van der Waals surface area contributed by atoms with Crippen molar-refractivity contribution >= 4 is 10.9 Å². The van der Waals surface area contributed by atoms with Crippen LogP contribution in [0.4, 0.5) is 0 Å². The summed E-state index contributed by atoms with van der Waals surface area (Å²) in [5, 5.41) is 10.4. The maximum absolute atomic E-state index is 9.18. The SMILES string of the molecule is OCC1CCC(c2ccc3cccnc3c2)CC1. The van der Waals surface area contributed by atoms with E-state index in [4.69, 9.17) is 0 Å². The quantitative estimate of drug-likeness (QED) is 0.873. The Morgan fingerprint density at radius 3 is 2.72 bits per heavy atom. The van der Waals surface area contributed by atoms with Gasteiger partial charge in [-0.3, -0.25) is 4.98 Å². The summed E-state index contributed by atoms with van der Waals surface area (Å²) in [6.45, 7) is 0.353. The van der Waals surface area contributed by atoms with E-state index in [1.54, 1.807) is 0 Å². The molecule has 94 valence electrons. The van der Waals surface area contributed by atoms with Crippen molar-refractivity contribution in [2.45, 2.75) is 31.6 Å². The smallest absolute Gasteiger partial charge is 0.0704 e. The second-order valence-corrected chi connectivity index (χ2v) is 5.36. The van der Waals surface area contributed by atoms with Crippen LogP contribution in [0.1, 0.15) is 37.2 Å². The predicted octanol–water partition coefficient (Wildman–Crippen LogP) is 3.50. The number of benzene rings is 1. The number of nitrogens with zero attached hydrogens (tertiary/aromatic N) is 1. The molecule has 2 aromatic rings. The molecule has 0 amide bonds. The topological polar surface area (TPSA) is 33.1 Å². The van der Waals surface area contributed by atoms with Gasteiger partial charge in [0.25, 0.3) is 0 Å². The van der Waals surface area contributed by atoms with Crippen molar-refractivity contribution in [2.24, 2.45) is 5.92 Å². The minimum Gasteiger partial charge on any atom is -0.396 e. The normalized spacial score (nSPS) is 24.3. The fourth-order valence-corrected chi connectivity index (χ4v) is 3.02. The van der Waals surface area contributed by atoms with Crippen LogP contribution in [0, 0.1) is 5.92 Å². The van der Waals surface area contributed by atoms with E-state index in [1.807, 2.05) is 12.3 Å². The van der Waals surface area contributed by atoms with Crippen molar-refractivity contribution in [3.8, 4) is 0 Å². The zero-order valence-corrected chi connectivity index (χ0v) is 10.5. The van der Waals surface area contributed by atoms with Crippen molar-refractivity contribution in [1.82, 2.24) is 4.98 Å². The molecule has 1 N–H and O–H groups in total. The van der Waals surface area contributed by atoms with E-state index in [0.717, 1.165) is 18.4 Å². The van der Waals surface area contributed by atoms with Crippen molar-refractivity contribution in [1.29, 1.82) is 0 Å². The van der Waals surface area contributed by atoms with Crippen LogP contribution in [0.15, 0.2) is 36.5 Å². The highest BCUT2D eigenvalue weighted by atomic mass is 16.3. The van der Waals surface area contributed by atoms with E-state index in [2.05, 4.69) is 29.2 Å². The number of aromatic nitrogens is 1. The first kappa shape index (κ1) is 11.7. The lowest BCUT2D eigenvalue weighted by Crippen LogP contribution is -2.16. The van der Waals surface area contributed by atoms with Crippen LogP contribution in [0.5, 0.6) is 0 Å².